The van der Waals surface area contributed by atoms with Gasteiger partial charge in [0.05, 0.1) is 0 Å². The smallest absolute Gasteiger partial charge is 0.276 e. The standard InChI is InChI=1S/C17H11F3N4O/c18-10-3-1-4-11(9-10)21-15-8-7-14(23-24-15)17(25)22-16-12(19)5-2-6-13(16)20/h1-9H,(H,21,24)(H,22,25). The summed E-state index contributed by atoms with van der Waals surface area (Å²) in [5.74, 6) is -2.75. The minimum atomic E-state index is -0.897. The van der Waals surface area contributed by atoms with E-state index in [0.717, 1.165) is 12.1 Å². The number of rotatable bonds is 4. The molecule has 1 heterocycles. The van der Waals surface area contributed by atoms with E-state index in [2.05, 4.69) is 20.8 Å². The first-order valence-electron chi connectivity index (χ1n) is 7.14. The normalized spacial score (nSPS) is 10.4. The van der Waals surface area contributed by atoms with Gasteiger partial charge in [-0.05, 0) is 42.5 Å². The molecule has 2 aromatic carbocycles. The van der Waals surface area contributed by atoms with E-state index >= 15 is 0 Å². The molecule has 3 rings (SSSR count). The zero-order valence-electron chi connectivity index (χ0n) is 12.6. The van der Waals surface area contributed by atoms with Crippen LogP contribution in [0.2, 0.25) is 0 Å². The van der Waals surface area contributed by atoms with Crippen molar-refractivity contribution in [1.29, 1.82) is 0 Å². The first kappa shape index (κ1) is 16.4. The second-order valence-corrected chi connectivity index (χ2v) is 4.99. The van der Waals surface area contributed by atoms with Gasteiger partial charge in [0.25, 0.3) is 5.91 Å². The van der Waals surface area contributed by atoms with Crippen LogP contribution >= 0.6 is 0 Å². The predicted molar refractivity (Wildman–Crippen MR) is 86.0 cm³/mol. The van der Waals surface area contributed by atoms with Gasteiger partial charge in [0, 0.05) is 5.69 Å². The molecule has 0 aliphatic heterocycles. The van der Waals surface area contributed by atoms with Crippen LogP contribution in [0.3, 0.4) is 0 Å². The van der Waals surface area contributed by atoms with Gasteiger partial charge in [0.2, 0.25) is 0 Å². The van der Waals surface area contributed by atoms with Gasteiger partial charge in [0.1, 0.15) is 23.1 Å². The fraction of sp³-hybridized carbons (Fsp3) is 0. The van der Waals surface area contributed by atoms with Crippen LogP contribution in [0.25, 0.3) is 0 Å². The molecule has 2 N–H and O–H groups in total. The first-order chi connectivity index (χ1) is 12.0. The molecule has 8 heteroatoms. The van der Waals surface area contributed by atoms with Gasteiger partial charge >= 0.3 is 0 Å². The van der Waals surface area contributed by atoms with Crippen molar-refractivity contribution in [2.45, 2.75) is 0 Å². The van der Waals surface area contributed by atoms with Gasteiger partial charge in [-0.1, -0.05) is 12.1 Å². The SMILES string of the molecule is O=C(Nc1c(F)cccc1F)c1ccc(Nc2cccc(F)c2)nn1. The number of hydrogen-bond donors (Lipinski definition) is 2. The van der Waals surface area contributed by atoms with Crippen molar-refractivity contribution < 1.29 is 18.0 Å². The Labute approximate surface area is 140 Å². The molecule has 5 nitrogen and oxygen atoms in total. The summed E-state index contributed by atoms with van der Waals surface area (Å²) in [6, 6.07) is 11.7. The monoisotopic (exact) mass is 344 g/mol. The average molecular weight is 344 g/mol. The van der Waals surface area contributed by atoms with Crippen LogP contribution in [-0.4, -0.2) is 16.1 Å². The summed E-state index contributed by atoms with van der Waals surface area (Å²) in [4.78, 5) is 12.0. The first-order valence-corrected chi connectivity index (χ1v) is 7.14. The Balaban J connectivity index is 1.72. The molecule has 0 saturated heterocycles. The third-order valence-electron chi connectivity index (χ3n) is 3.20. The predicted octanol–water partition coefficient (Wildman–Crippen LogP) is 3.89. The van der Waals surface area contributed by atoms with Crippen molar-refractivity contribution in [2.75, 3.05) is 10.6 Å². The van der Waals surface area contributed by atoms with E-state index in [4.69, 9.17) is 0 Å². The van der Waals surface area contributed by atoms with Crippen LogP contribution < -0.4 is 10.6 Å². The van der Waals surface area contributed by atoms with E-state index in [9.17, 15) is 18.0 Å². The van der Waals surface area contributed by atoms with Gasteiger partial charge < -0.3 is 10.6 Å². The number of carbonyl (C=O) groups is 1. The molecule has 0 atom stereocenters. The van der Waals surface area contributed by atoms with Crippen molar-refractivity contribution in [3.63, 3.8) is 0 Å². The van der Waals surface area contributed by atoms with Gasteiger partial charge in [-0.25, -0.2) is 13.2 Å². The quantitative estimate of drug-likeness (QED) is 0.753. The summed E-state index contributed by atoms with van der Waals surface area (Å²) < 4.78 is 40.2. The zero-order chi connectivity index (χ0) is 17.8. The number of para-hydroxylation sites is 1. The molecule has 0 saturated carbocycles. The second-order valence-electron chi connectivity index (χ2n) is 4.99. The lowest BCUT2D eigenvalue weighted by molar-refractivity contribution is 0.102. The Morgan fingerprint density at radius 2 is 1.60 bits per heavy atom. The average Bonchev–Trinajstić information content (AvgIpc) is 2.59. The van der Waals surface area contributed by atoms with E-state index < -0.39 is 29.0 Å². The van der Waals surface area contributed by atoms with Crippen molar-refractivity contribution in [2.24, 2.45) is 0 Å². The minimum absolute atomic E-state index is 0.132. The van der Waals surface area contributed by atoms with Crippen LogP contribution in [0.15, 0.2) is 54.6 Å². The van der Waals surface area contributed by atoms with Crippen LogP contribution in [0, 0.1) is 17.5 Å². The molecule has 0 unspecified atom stereocenters. The third kappa shape index (κ3) is 3.92. The van der Waals surface area contributed by atoms with Gasteiger partial charge in [0.15, 0.2) is 11.5 Å². The van der Waals surface area contributed by atoms with Crippen LogP contribution in [0.1, 0.15) is 10.5 Å². The van der Waals surface area contributed by atoms with Crippen molar-refractivity contribution in [3.05, 3.63) is 77.7 Å². The third-order valence-corrected chi connectivity index (χ3v) is 3.20. The Hall–Kier alpha value is -3.42. The van der Waals surface area contributed by atoms with E-state index in [1.165, 1.54) is 36.4 Å². The molecule has 3 aromatic rings. The number of halogens is 3. The molecule has 0 aliphatic carbocycles. The molecule has 25 heavy (non-hydrogen) atoms. The number of carbonyl (C=O) groups excluding carboxylic acids is 1. The van der Waals surface area contributed by atoms with E-state index in [-0.39, 0.29) is 11.5 Å². The Morgan fingerprint density at radius 1 is 0.880 bits per heavy atom. The topological polar surface area (TPSA) is 66.9 Å². The molecule has 0 bridgehead atoms. The summed E-state index contributed by atoms with van der Waals surface area (Å²) >= 11 is 0. The van der Waals surface area contributed by atoms with E-state index in [0.29, 0.717) is 5.69 Å². The van der Waals surface area contributed by atoms with Crippen molar-refractivity contribution in [1.82, 2.24) is 10.2 Å². The van der Waals surface area contributed by atoms with Crippen molar-refractivity contribution in [3.8, 4) is 0 Å². The van der Waals surface area contributed by atoms with Crippen LogP contribution in [0.5, 0.6) is 0 Å². The molecule has 126 valence electrons. The highest BCUT2D eigenvalue weighted by Gasteiger charge is 2.14. The zero-order valence-corrected chi connectivity index (χ0v) is 12.6. The summed E-state index contributed by atoms with van der Waals surface area (Å²) in [5, 5.41) is 12.4. The van der Waals surface area contributed by atoms with Crippen molar-refractivity contribution >= 4 is 23.1 Å². The summed E-state index contributed by atoms with van der Waals surface area (Å²) in [6.45, 7) is 0. The second kappa shape index (κ2) is 7.00. The molecule has 1 amide bonds. The van der Waals surface area contributed by atoms with Gasteiger partial charge in [-0.3, -0.25) is 4.79 Å². The molecule has 0 radical (unpaired) electrons. The highest BCUT2D eigenvalue weighted by molar-refractivity contribution is 6.02. The molecule has 0 fully saturated rings. The molecule has 0 spiro atoms. The summed E-state index contributed by atoms with van der Waals surface area (Å²) in [7, 11) is 0. The fourth-order valence-corrected chi connectivity index (χ4v) is 2.03. The highest BCUT2D eigenvalue weighted by atomic mass is 19.1. The maximum atomic E-state index is 13.5. The number of amides is 1. The van der Waals surface area contributed by atoms with E-state index in [1.54, 1.807) is 6.07 Å². The maximum absolute atomic E-state index is 13.5. The molecular formula is C17H11F3N4O. The number of benzene rings is 2. The maximum Gasteiger partial charge on any atom is 0.276 e. The molecule has 0 aliphatic rings. The highest BCUT2D eigenvalue weighted by Crippen LogP contribution is 2.19. The van der Waals surface area contributed by atoms with Gasteiger partial charge in [-0.15, -0.1) is 10.2 Å². The number of anilines is 3. The fourth-order valence-electron chi connectivity index (χ4n) is 2.03. The summed E-state index contributed by atoms with van der Waals surface area (Å²) in [6.07, 6.45) is 0. The lowest BCUT2D eigenvalue weighted by atomic mass is 10.2. The van der Waals surface area contributed by atoms with Crippen LogP contribution in [0.4, 0.5) is 30.4 Å². The Kier molecular flexibility index (Phi) is 4.60. The summed E-state index contributed by atoms with van der Waals surface area (Å²) in [5.41, 5.74) is -0.233. The molecular weight excluding hydrogens is 333 g/mol. The Morgan fingerprint density at radius 3 is 2.24 bits per heavy atom. The van der Waals surface area contributed by atoms with E-state index in [1.807, 2.05) is 0 Å². The minimum Gasteiger partial charge on any atom is -0.339 e. The largest absolute Gasteiger partial charge is 0.339 e. The number of aromatic nitrogens is 2. The number of nitrogens with zero attached hydrogens (tertiary/aromatic N) is 2. The Bertz CT molecular complexity index is 896. The lowest BCUT2D eigenvalue weighted by Gasteiger charge is -2.08. The number of nitrogens with one attached hydrogen (secondary N) is 2. The van der Waals surface area contributed by atoms with Gasteiger partial charge in [-0.2, -0.15) is 0 Å². The number of hydrogen-bond acceptors (Lipinski definition) is 4. The lowest BCUT2D eigenvalue weighted by Crippen LogP contribution is -2.16. The van der Waals surface area contributed by atoms with Crippen LogP contribution in [-0.2, 0) is 0 Å². The molecule has 1 aromatic heterocycles.